The fourth-order valence-corrected chi connectivity index (χ4v) is 7.16. The van der Waals surface area contributed by atoms with Crippen LogP contribution in [0.1, 0.15) is 44.8 Å². The molecule has 2 aromatic heterocycles. The molecular weight excluding hydrogens is 926 g/mol. The second kappa shape index (κ2) is 24.0. The molecule has 0 bridgehead atoms. The highest BCUT2D eigenvalue weighted by Gasteiger charge is 2.36. The third-order valence-electron chi connectivity index (χ3n) is 9.20. The number of aromatic nitrogens is 4. The third-order valence-corrected chi connectivity index (χ3v) is 11.1. The quantitative estimate of drug-likeness (QED) is 0.0495. The maximum Gasteiger partial charge on any atom is 0.445 e. The second-order valence-electron chi connectivity index (χ2n) is 14.0. The minimum Gasteiger partial charge on any atom is -0.493 e. The predicted molar refractivity (Wildman–Crippen MR) is 249 cm³/mol. The van der Waals surface area contributed by atoms with Gasteiger partial charge in [0, 0.05) is 0 Å². The van der Waals surface area contributed by atoms with Crippen LogP contribution < -0.4 is 39.1 Å². The number of nitrogens with one attached hydrogen (secondary N) is 2. The number of anilines is 2. The summed E-state index contributed by atoms with van der Waals surface area (Å²) in [4.78, 5) is 24.9. The molecular formula is C47H43F3N8O8S2. The van der Waals surface area contributed by atoms with Gasteiger partial charge in [0.25, 0.3) is 11.8 Å². The lowest BCUT2D eigenvalue weighted by Crippen LogP contribution is -2.13. The topological polar surface area (TPSA) is 213 Å². The number of rotatable bonds is 17. The van der Waals surface area contributed by atoms with Crippen molar-refractivity contribution in [2.45, 2.75) is 40.3 Å². The van der Waals surface area contributed by atoms with Crippen molar-refractivity contribution < 1.29 is 51.2 Å². The highest BCUT2D eigenvalue weighted by Crippen LogP contribution is 2.40. The van der Waals surface area contributed by atoms with Gasteiger partial charge in [0.1, 0.15) is 53.0 Å². The van der Waals surface area contributed by atoms with E-state index < -0.39 is 33.7 Å². The highest BCUT2D eigenvalue weighted by molar-refractivity contribution is 7.15. The fourth-order valence-electron chi connectivity index (χ4n) is 5.88. The number of nitriles is 2. The van der Waals surface area contributed by atoms with Gasteiger partial charge in [-0.3, -0.25) is 20.2 Å². The molecule has 21 heteroatoms. The van der Waals surface area contributed by atoms with E-state index in [2.05, 4.69) is 31.0 Å². The van der Waals surface area contributed by atoms with Gasteiger partial charge in [-0.05, 0) is 97.5 Å². The van der Waals surface area contributed by atoms with Crippen LogP contribution in [0.2, 0.25) is 0 Å². The Morgan fingerprint density at radius 3 is 1.71 bits per heavy atom. The first-order chi connectivity index (χ1) is 32.6. The first-order valence-electron chi connectivity index (χ1n) is 20.2. The van der Waals surface area contributed by atoms with Crippen LogP contribution in [0.25, 0.3) is 12.2 Å². The number of methoxy groups -OCH3 is 3. The number of carbonyl (C=O) groups is 2. The Balaban J connectivity index is 0.000000261. The number of ether oxygens (including phenoxy) is 6. The van der Waals surface area contributed by atoms with E-state index in [0.29, 0.717) is 27.8 Å². The molecule has 0 spiro atoms. The summed E-state index contributed by atoms with van der Waals surface area (Å²) in [7, 11) is 4.36. The van der Waals surface area contributed by atoms with Gasteiger partial charge in [-0.25, -0.2) is 0 Å². The summed E-state index contributed by atoms with van der Waals surface area (Å²) in [6.45, 7) is 8.23. The van der Waals surface area contributed by atoms with Gasteiger partial charge in [-0.2, -0.15) is 23.7 Å². The number of amides is 2. The Bertz CT molecular complexity index is 2860. The van der Waals surface area contributed by atoms with Crippen molar-refractivity contribution in [2.24, 2.45) is 0 Å². The third kappa shape index (κ3) is 13.8. The SMILES string of the molecule is CCc1nnc(NC(=O)C(C#N)=Cc2ccc(Oc3ccccc3C)c(OC)c2)s1.COc1cc(C=C(C#N)C(=O)Nc2nnc(C(F)(F)F)s2)cc(OC)c1OCCOc1c(C)cccc1C. The zero-order chi connectivity index (χ0) is 49.4. The summed E-state index contributed by atoms with van der Waals surface area (Å²) in [5, 5.41) is 37.3. The van der Waals surface area contributed by atoms with Crippen molar-refractivity contribution in [1.82, 2.24) is 20.4 Å². The first-order valence-corrected chi connectivity index (χ1v) is 21.8. The van der Waals surface area contributed by atoms with Crippen LogP contribution in [0, 0.1) is 43.4 Å². The standard InChI is InChI=1S/C25H23F3N4O5S.C22H20N4O3S/c1-14-6-5-7-15(2)20(14)36-8-9-37-21-18(34-3)11-16(12-19(21)35-4)10-17(13-29)22(33)30-24-32-31-23(38-24)25(26,27)28;1-4-20-25-26-22(30-20)24-21(27)16(13-23)11-15-9-10-18(19(12-15)28-3)29-17-8-6-5-7-14(17)2/h5-7,10-12H,8-9H2,1-4H3,(H,30,32,33);5-12H,4H2,1-3H3,(H,24,26,27). The Morgan fingerprint density at radius 2 is 1.18 bits per heavy atom. The maximum absolute atomic E-state index is 12.7. The molecule has 2 heterocycles. The van der Waals surface area contributed by atoms with Crippen molar-refractivity contribution in [1.29, 1.82) is 10.5 Å². The van der Waals surface area contributed by atoms with Crippen LogP contribution in [0.3, 0.4) is 0 Å². The molecule has 352 valence electrons. The largest absolute Gasteiger partial charge is 0.493 e. The summed E-state index contributed by atoms with van der Waals surface area (Å²) in [6, 6.07) is 25.4. The fraction of sp³-hybridized carbons (Fsp3) is 0.234. The van der Waals surface area contributed by atoms with Crippen molar-refractivity contribution in [3.05, 3.63) is 122 Å². The van der Waals surface area contributed by atoms with Crippen LogP contribution in [-0.4, -0.2) is 66.8 Å². The normalized spacial score (nSPS) is 11.2. The molecule has 68 heavy (non-hydrogen) atoms. The van der Waals surface area contributed by atoms with Gasteiger partial charge in [-0.15, -0.1) is 20.4 Å². The van der Waals surface area contributed by atoms with E-state index in [1.165, 1.54) is 57.0 Å². The van der Waals surface area contributed by atoms with Crippen molar-refractivity contribution in [2.75, 3.05) is 45.2 Å². The molecule has 0 fully saturated rings. The summed E-state index contributed by atoms with van der Waals surface area (Å²) < 4.78 is 72.1. The zero-order valence-electron chi connectivity index (χ0n) is 37.6. The predicted octanol–water partition coefficient (Wildman–Crippen LogP) is 9.95. The van der Waals surface area contributed by atoms with Gasteiger partial charge < -0.3 is 28.4 Å². The van der Waals surface area contributed by atoms with Crippen molar-refractivity contribution in [3.8, 4) is 52.4 Å². The van der Waals surface area contributed by atoms with Crippen molar-refractivity contribution >= 4 is 56.9 Å². The number of carbonyl (C=O) groups excluding carboxylic acids is 2. The van der Waals surface area contributed by atoms with Crippen LogP contribution in [0.4, 0.5) is 23.4 Å². The lowest BCUT2D eigenvalue weighted by atomic mass is 10.1. The van der Waals surface area contributed by atoms with E-state index in [1.807, 2.05) is 76.2 Å². The molecule has 0 unspecified atom stereocenters. The van der Waals surface area contributed by atoms with Gasteiger partial charge in [-0.1, -0.05) is 72.1 Å². The van der Waals surface area contributed by atoms with Gasteiger partial charge in [0.05, 0.1) is 21.3 Å². The van der Waals surface area contributed by atoms with E-state index in [-0.39, 0.29) is 47.4 Å². The minimum absolute atomic E-state index is 0.0575. The lowest BCUT2D eigenvalue weighted by Gasteiger charge is -2.16. The van der Waals surface area contributed by atoms with Crippen LogP contribution in [0.5, 0.6) is 40.2 Å². The maximum atomic E-state index is 12.7. The van der Waals surface area contributed by atoms with E-state index in [9.17, 15) is 33.3 Å². The molecule has 16 nitrogen and oxygen atoms in total. The zero-order valence-corrected chi connectivity index (χ0v) is 39.2. The van der Waals surface area contributed by atoms with E-state index in [4.69, 9.17) is 28.4 Å². The van der Waals surface area contributed by atoms with Crippen molar-refractivity contribution in [3.63, 3.8) is 0 Å². The van der Waals surface area contributed by atoms with Gasteiger partial charge in [0.2, 0.25) is 21.0 Å². The Kier molecular flexibility index (Phi) is 18.0. The molecule has 0 radical (unpaired) electrons. The van der Waals surface area contributed by atoms with Gasteiger partial charge in [0.15, 0.2) is 23.0 Å². The molecule has 0 saturated heterocycles. The smallest absolute Gasteiger partial charge is 0.445 e. The molecule has 4 aromatic carbocycles. The number of aryl methyl sites for hydroxylation is 4. The van der Waals surface area contributed by atoms with E-state index in [1.54, 1.807) is 24.3 Å². The Morgan fingerprint density at radius 1 is 0.647 bits per heavy atom. The molecule has 6 rings (SSSR count). The lowest BCUT2D eigenvalue weighted by molar-refractivity contribution is -0.138. The molecule has 0 atom stereocenters. The molecule has 0 aliphatic rings. The number of halogens is 3. The molecule has 0 saturated carbocycles. The average Bonchev–Trinajstić information content (AvgIpc) is 4.00. The molecule has 6 aromatic rings. The number of hydrogen-bond acceptors (Lipinski definition) is 16. The Labute approximate surface area is 397 Å². The van der Waals surface area contributed by atoms with Crippen LogP contribution >= 0.6 is 22.7 Å². The molecule has 2 amide bonds. The molecule has 0 aliphatic carbocycles. The number of nitrogens with zero attached hydrogens (tertiary/aromatic N) is 6. The van der Waals surface area contributed by atoms with Crippen LogP contribution in [0.15, 0.2) is 83.9 Å². The molecule has 0 aliphatic heterocycles. The summed E-state index contributed by atoms with van der Waals surface area (Å²) in [5.41, 5.74) is 3.52. The highest BCUT2D eigenvalue weighted by atomic mass is 32.1. The summed E-state index contributed by atoms with van der Waals surface area (Å²) >= 11 is 1.42. The first kappa shape index (κ1) is 51.0. The van der Waals surface area contributed by atoms with Crippen LogP contribution in [-0.2, 0) is 22.2 Å². The number of hydrogen-bond donors (Lipinski definition) is 2. The number of benzene rings is 4. The minimum atomic E-state index is -4.70. The summed E-state index contributed by atoms with van der Waals surface area (Å²) in [6.07, 6.45) is -1.26. The Hall–Kier alpha value is -8.01. The monoisotopic (exact) mass is 968 g/mol. The average molecular weight is 969 g/mol. The number of alkyl halides is 3. The summed E-state index contributed by atoms with van der Waals surface area (Å²) in [5.74, 6) is 1.83. The number of para-hydroxylation sites is 2. The van der Waals surface area contributed by atoms with E-state index in [0.717, 1.165) is 39.6 Å². The second-order valence-corrected chi connectivity index (χ2v) is 16.0. The van der Waals surface area contributed by atoms with Gasteiger partial charge >= 0.3 is 6.18 Å². The molecule has 2 N–H and O–H groups in total. The van der Waals surface area contributed by atoms with E-state index >= 15 is 0 Å².